The highest BCUT2D eigenvalue weighted by Crippen LogP contribution is 2.46. The van der Waals surface area contributed by atoms with Gasteiger partial charge in [-0.3, -0.25) is 4.79 Å². The van der Waals surface area contributed by atoms with Crippen LogP contribution in [0.5, 0.6) is 5.75 Å². The quantitative estimate of drug-likeness (QED) is 0.614. The fourth-order valence-electron chi connectivity index (χ4n) is 3.09. The van der Waals surface area contributed by atoms with Crippen LogP contribution < -0.4 is 10.1 Å². The summed E-state index contributed by atoms with van der Waals surface area (Å²) in [6.45, 7) is 2.42. The first-order chi connectivity index (χ1) is 13.1. The molecule has 1 aromatic carbocycles. The number of halogens is 4. The van der Waals surface area contributed by atoms with E-state index in [4.69, 9.17) is 4.74 Å². The number of esters is 1. The zero-order valence-electron chi connectivity index (χ0n) is 14.8. The summed E-state index contributed by atoms with van der Waals surface area (Å²) in [4.78, 5) is 25.6. The number of hydrogen-bond acceptors (Lipinski definition) is 5. The maximum atomic E-state index is 13.8. The third-order valence-electron chi connectivity index (χ3n) is 4.35. The van der Waals surface area contributed by atoms with Gasteiger partial charge < -0.3 is 19.7 Å². The smallest absolute Gasteiger partial charge is 0.466 e. The van der Waals surface area contributed by atoms with Crippen molar-refractivity contribution in [1.29, 1.82) is 0 Å². The molecule has 0 aromatic heterocycles. The van der Waals surface area contributed by atoms with Gasteiger partial charge in [0.2, 0.25) is 0 Å². The number of nitrogens with one attached hydrogen (secondary N) is 1. The molecule has 0 saturated carbocycles. The standard InChI is InChI=1S/C17H18F4N2O5/c1-2-26-14(24)10-4-3-7-23(9-10)15(25)22-11-5-6-13-12(8-11)16(18,19)28-17(20,21)27-13/h5-6,8,10H,2-4,7,9H2,1H3,(H,22,25). The van der Waals surface area contributed by atoms with Crippen molar-refractivity contribution in [3.05, 3.63) is 23.8 Å². The minimum Gasteiger partial charge on any atom is -0.466 e. The molecule has 1 atom stereocenters. The van der Waals surface area contributed by atoms with Crippen LogP contribution in [0.3, 0.4) is 0 Å². The zero-order valence-corrected chi connectivity index (χ0v) is 14.8. The Hall–Kier alpha value is -2.56. The highest BCUT2D eigenvalue weighted by Gasteiger charge is 2.54. The lowest BCUT2D eigenvalue weighted by Crippen LogP contribution is -2.44. The Balaban J connectivity index is 1.71. The van der Waals surface area contributed by atoms with Gasteiger partial charge in [-0.15, -0.1) is 8.78 Å². The summed E-state index contributed by atoms with van der Waals surface area (Å²) in [6, 6.07) is 2.24. The SMILES string of the molecule is CCOC(=O)C1CCCN(C(=O)Nc2ccc3c(c2)C(F)(F)OC(F)(F)O3)C1. The number of benzene rings is 1. The molecule has 1 unspecified atom stereocenters. The molecule has 2 aliphatic rings. The maximum absolute atomic E-state index is 13.8. The van der Waals surface area contributed by atoms with E-state index in [9.17, 15) is 27.2 Å². The third kappa shape index (κ3) is 4.29. The number of carbonyl (C=O) groups is 2. The molecule has 11 heteroatoms. The molecular formula is C17H18F4N2O5. The van der Waals surface area contributed by atoms with Crippen LogP contribution >= 0.6 is 0 Å². The van der Waals surface area contributed by atoms with E-state index in [-0.39, 0.29) is 18.8 Å². The molecule has 7 nitrogen and oxygen atoms in total. The Kier molecular flexibility index (Phi) is 5.37. The molecule has 28 heavy (non-hydrogen) atoms. The molecule has 0 radical (unpaired) electrons. The largest absolute Gasteiger partial charge is 0.540 e. The van der Waals surface area contributed by atoms with Crippen molar-refractivity contribution < 1.29 is 41.4 Å². The molecule has 1 aromatic rings. The molecule has 1 fully saturated rings. The number of anilines is 1. The summed E-state index contributed by atoms with van der Waals surface area (Å²) in [7, 11) is 0. The van der Waals surface area contributed by atoms with E-state index in [1.54, 1.807) is 6.92 Å². The topological polar surface area (TPSA) is 77.1 Å². The van der Waals surface area contributed by atoms with Crippen LogP contribution in [0.1, 0.15) is 25.3 Å². The van der Waals surface area contributed by atoms with Crippen molar-refractivity contribution in [3.63, 3.8) is 0 Å². The van der Waals surface area contributed by atoms with Gasteiger partial charge in [-0.05, 0) is 38.0 Å². The number of amides is 2. The normalized spacial score (nSPS) is 22.6. The molecule has 2 aliphatic heterocycles. The zero-order chi connectivity index (χ0) is 20.5. The number of nitrogens with zero attached hydrogens (tertiary/aromatic N) is 1. The first-order valence-electron chi connectivity index (χ1n) is 8.63. The van der Waals surface area contributed by atoms with E-state index >= 15 is 0 Å². The molecule has 0 spiro atoms. The van der Waals surface area contributed by atoms with Gasteiger partial charge in [-0.1, -0.05) is 0 Å². The number of piperidine rings is 1. The minimum atomic E-state index is -4.46. The summed E-state index contributed by atoms with van der Waals surface area (Å²) >= 11 is 0. The Bertz CT molecular complexity index is 774. The molecule has 2 heterocycles. The lowest BCUT2D eigenvalue weighted by atomic mass is 9.98. The van der Waals surface area contributed by atoms with Crippen molar-refractivity contribution in [1.82, 2.24) is 4.90 Å². The van der Waals surface area contributed by atoms with Gasteiger partial charge >= 0.3 is 24.4 Å². The molecule has 154 valence electrons. The van der Waals surface area contributed by atoms with E-state index in [0.717, 1.165) is 18.2 Å². The van der Waals surface area contributed by atoms with Crippen LogP contribution in [-0.2, 0) is 20.4 Å². The first-order valence-corrected chi connectivity index (χ1v) is 8.63. The molecule has 1 saturated heterocycles. The van der Waals surface area contributed by atoms with Gasteiger partial charge in [0.1, 0.15) is 5.75 Å². The van der Waals surface area contributed by atoms with E-state index in [1.165, 1.54) is 4.90 Å². The third-order valence-corrected chi connectivity index (χ3v) is 4.35. The molecule has 0 aliphatic carbocycles. The average Bonchev–Trinajstić information content (AvgIpc) is 2.61. The second-order valence-corrected chi connectivity index (χ2v) is 6.36. The van der Waals surface area contributed by atoms with Gasteiger partial charge in [0.15, 0.2) is 0 Å². The molecular weight excluding hydrogens is 388 g/mol. The van der Waals surface area contributed by atoms with Gasteiger partial charge in [0.25, 0.3) is 0 Å². The Morgan fingerprint density at radius 2 is 2.07 bits per heavy atom. The minimum absolute atomic E-state index is 0.0564. The van der Waals surface area contributed by atoms with Crippen LogP contribution in [0.2, 0.25) is 0 Å². The van der Waals surface area contributed by atoms with E-state index in [1.807, 2.05) is 0 Å². The fourth-order valence-corrected chi connectivity index (χ4v) is 3.09. The number of hydrogen-bond donors (Lipinski definition) is 1. The van der Waals surface area contributed by atoms with Gasteiger partial charge in [0.05, 0.1) is 18.1 Å². The van der Waals surface area contributed by atoms with Crippen LogP contribution in [0.15, 0.2) is 18.2 Å². The Labute approximate surface area is 157 Å². The number of fused-ring (bicyclic) bond motifs is 1. The van der Waals surface area contributed by atoms with E-state index in [0.29, 0.717) is 19.4 Å². The van der Waals surface area contributed by atoms with Crippen LogP contribution in [0, 0.1) is 5.92 Å². The molecule has 3 rings (SSSR count). The van der Waals surface area contributed by atoms with Gasteiger partial charge in [-0.25, -0.2) is 9.53 Å². The van der Waals surface area contributed by atoms with Crippen LogP contribution in [0.4, 0.5) is 28.0 Å². The summed E-state index contributed by atoms with van der Waals surface area (Å²) in [5.41, 5.74) is -0.988. The van der Waals surface area contributed by atoms with E-state index < -0.39 is 41.6 Å². The summed E-state index contributed by atoms with van der Waals surface area (Å²) < 4.78 is 66.2. The average molecular weight is 406 g/mol. The summed E-state index contributed by atoms with van der Waals surface area (Å²) in [5.74, 6) is -1.61. The lowest BCUT2D eigenvalue weighted by molar-refractivity contribution is -0.461. The predicted molar refractivity (Wildman–Crippen MR) is 86.9 cm³/mol. The number of rotatable bonds is 3. The van der Waals surface area contributed by atoms with Crippen molar-refractivity contribution in [2.75, 3.05) is 25.0 Å². The summed E-state index contributed by atoms with van der Waals surface area (Å²) in [5, 5.41) is 2.41. The Morgan fingerprint density at radius 3 is 2.79 bits per heavy atom. The number of urea groups is 1. The van der Waals surface area contributed by atoms with Crippen LogP contribution in [0.25, 0.3) is 0 Å². The highest BCUT2D eigenvalue weighted by molar-refractivity contribution is 5.90. The second-order valence-electron chi connectivity index (χ2n) is 6.36. The molecule has 1 N–H and O–H groups in total. The maximum Gasteiger partial charge on any atom is 0.540 e. The van der Waals surface area contributed by atoms with Crippen LogP contribution in [-0.4, -0.2) is 42.9 Å². The number of ether oxygens (including phenoxy) is 3. The molecule has 0 bridgehead atoms. The number of likely N-dealkylation sites (tertiary alicyclic amines) is 1. The number of alkyl halides is 4. The molecule has 2 amide bonds. The van der Waals surface area contributed by atoms with Gasteiger partial charge in [-0.2, -0.15) is 8.78 Å². The van der Waals surface area contributed by atoms with Crippen molar-refractivity contribution in [2.45, 2.75) is 32.2 Å². The summed E-state index contributed by atoms with van der Waals surface area (Å²) in [6.07, 6.45) is -7.60. The van der Waals surface area contributed by atoms with Crippen molar-refractivity contribution in [3.8, 4) is 5.75 Å². The predicted octanol–water partition coefficient (Wildman–Crippen LogP) is 3.50. The van der Waals surface area contributed by atoms with E-state index in [2.05, 4.69) is 14.8 Å². The van der Waals surface area contributed by atoms with Crippen molar-refractivity contribution >= 4 is 17.7 Å². The Morgan fingerprint density at radius 1 is 1.32 bits per heavy atom. The highest BCUT2D eigenvalue weighted by atomic mass is 19.3. The first kappa shape index (κ1) is 20.2. The lowest BCUT2D eigenvalue weighted by Gasteiger charge is -2.32. The monoisotopic (exact) mass is 406 g/mol. The number of carbonyl (C=O) groups excluding carboxylic acids is 2. The van der Waals surface area contributed by atoms with Crippen molar-refractivity contribution in [2.24, 2.45) is 5.92 Å². The fraction of sp³-hybridized carbons (Fsp3) is 0.529. The second kappa shape index (κ2) is 7.46. The van der Waals surface area contributed by atoms with Gasteiger partial charge in [0, 0.05) is 18.8 Å².